The molecule has 1 unspecified atom stereocenters. The number of carbonyl (C=O) groups excluding carboxylic acids is 1. The fraction of sp³-hybridized carbons (Fsp3) is 0.333. The zero-order valence-electron chi connectivity index (χ0n) is 16.2. The van der Waals surface area contributed by atoms with Gasteiger partial charge in [0.2, 0.25) is 0 Å². The van der Waals surface area contributed by atoms with Gasteiger partial charge in [0.15, 0.2) is 5.82 Å². The highest BCUT2D eigenvalue weighted by atomic mass is 16.5. The molecule has 29 heavy (non-hydrogen) atoms. The minimum atomic E-state index is -0.217. The van der Waals surface area contributed by atoms with Crippen LogP contribution >= 0.6 is 0 Å². The molecule has 1 aliphatic heterocycles. The van der Waals surface area contributed by atoms with Crippen LogP contribution in [0.3, 0.4) is 0 Å². The first-order chi connectivity index (χ1) is 14.1. The lowest BCUT2D eigenvalue weighted by atomic mass is 9.99. The molecule has 8 heteroatoms. The van der Waals surface area contributed by atoms with Crippen LogP contribution in [0.4, 0.5) is 10.6 Å². The predicted octanol–water partition coefficient (Wildman–Crippen LogP) is 3.18. The van der Waals surface area contributed by atoms with E-state index in [0.29, 0.717) is 30.2 Å². The van der Waals surface area contributed by atoms with Gasteiger partial charge in [0.05, 0.1) is 12.6 Å². The average molecular weight is 396 g/mol. The summed E-state index contributed by atoms with van der Waals surface area (Å²) in [4.78, 5) is 14.3. The molecule has 0 aliphatic carbocycles. The summed E-state index contributed by atoms with van der Waals surface area (Å²) in [6, 6.07) is 10.4. The molecule has 2 heterocycles. The van der Waals surface area contributed by atoms with E-state index in [4.69, 9.17) is 4.74 Å². The number of H-pyrrole nitrogens is 1. The number of amides is 2. The number of piperidine rings is 1. The first-order valence-electron chi connectivity index (χ1n) is 9.61. The van der Waals surface area contributed by atoms with Gasteiger partial charge in [0.25, 0.3) is 0 Å². The highest BCUT2D eigenvalue weighted by molar-refractivity contribution is 6.00. The number of anilines is 1. The van der Waals surface area contributed by atoms with E-state index < -0.39 is 0 Å². The molecule has 2 aromatic carbocycles. The number of aliphatic hydroxyl groups excluding tert-OH is 1. The molecule has 1 aliphatic rings. The minimum Gasteiger partial charge on any atom is -0.507 e. The van der Waals surface area contributed by atoms with Gasteiger partial charge in [0.1, 0.15) is 11.5 Å². The first-order valence-corrected chi connectivity index (χ1v) is 9.61. The summed E-state index contributed by atoms with van der Waals surface area (Å²) in [5, 5.41) is 30.4. The number of benzene rings is 2. The lowest BCUT2D eigenvalue weighted by molar-refractivity contribution is 0.136. The molecule has 1 atom stereocenters. The Morgan fingerprint density at radius 2 is 2.21 bits per heavy atom. The van der Waals surface area contributed by atoms with Gasteiger partial charge < -0.3 is 19.8 Å². The highest BCUT2D eigenvalue weighted by Crippen LogP contribution is 2.35. The van der Waals surface area contributed by atoms with E-state index in [1.165, 1.54) is 0 Å². The van der Waals surface area contributed by atoms with E-state index in [1.54, 1.807) is 30.2 Å². The maximum absolute atomic E-state index is 12.6. The van der Waals surface area contributed by atoms with Crippen molar-refractivity contribution >= 4 is 22.8 Å². The largest absolute Gasteiger partial charge is 0.507 e. The normalized spacial score (nSPS) is 16.8. The number of carbonyl (C=O) groups is 1. The molecule has 1 saturated heterocycles. The predicted molar refractivity (Wildman–Crippen MR) is 110 cm³/mol. The van der Waals surface area contributed by atoms with Crippen LogP contribution in [0, 0.1) is 5.92 Å². The maximum Gasteiger partial charge on any atom is 0.323 e. The number of nitrogens with one attached hydrogen (secondary N) is 2. The summed E-state index contributed by atoms with van der Waals surface area (Å²) >= 11 is 0. The van der Waals surface area contributed by atoms with Crippen LogP contribution in [0.25, 0.3) is 22.0 Å². The van der Waals surface area contributed by atoms with Gasteiger partial charge in [-0.3, -0.25) is 10.4 Å². The maximum atomic E-state index is 12.6. The molecule has 4 N–H and O–H groups in total. The molecule has 0 spiro atoms. The van der Waals surface area contributed by atoms with Gasteiger partial charge in [-0.05, 0) is 54.7 Å². The van der Waals surface area contributed by atoms with Crippen molar-refractivity contribution in [1.29, 1.82) is 0 Å². The SMILES string of the molecule is COc1ccc(O)c(-c2ccc3c(NC(=O)N4CCCC(CO)C4)n[nH]c3c2)c1. The molecule has 0 bridgehead atoms. The number of hydrogen-bond acceptors (Lipinski definition) is 5. The molecular formula is C21H24N4O4. The van der Waals surface area contributed by atoms with E-state index in [0.717, 1.165) is 29.3 Å². The van der Waals surface area contributed by atoms with Crippen molar-refractivity contribution in [2.75, 3.05) is 32.1 Å². The van der Waals surface area contributed by atoms with E-state index >= 15 is 0 Å². The number of phenols is 1. The number of aromatic amines is 1. The van der Waals surface area contributed by atoms with Gasteiger partial charge in [-0.2, -0.15) is 5.10 Å². The van der Waals surface area contributed by atoms with Crippen LogP contribution < -0.4 is 10.1 Å². The Kier molecular flexibility index (Phi) is 5.26. The van der Waals surface area contributed by atoms with E-state index in [-0.39, 0.29) is 24.3 Å². The van der Waals surface area contributed by atoms with Gasteiger partial charge in [-0.15, -0.1) is 0 Å². The fourth-order valence-corrected chi connectivity index (χ4v) is 3.73. The van der Waals surface area contributed by atoms with E-state index in [1.807, 2.05) is 18.2 Å². The van der Waals surface area contributed by atoms with Crippen LogP contribution in [0.15, 0.2) is 36.4 Å². The monoisotopic (exact) mass is 396 g/mol. The number of ether oxygens (including phenoxy) is 1. The molecule has 0 saturated carbocycles. The summed E-state index contributed by atoms with van der Waals surface area (Å²) in [5.74, 6) is 1.39. The Labute approximate surface area is 168 Å². The van der Waals surface area contributed by atoms with E-state index in [9.17, 15) is 15.0 Å². The smallest absolute Gasteiger partial charge is 0.323 e. The fourth-order valence-electron chi connectivity index (χ4n) is 3.73. The minimum absolute atomic E-state index is 0.0923. The van der Waals surface area contributed by atoms with Crippen LogP contribution in [-0.2, 0) is 0 Å². The third-order valence-electron chi connectivity index (χ3n) is 5.37. The third kappa shape index (κ3) is 3.84. The Morgan fingerprint density at radius 3 is 3.00 bits per heavy atom. The van der Waals surface area contributed by atoms with Crippen molar-refractivity contribution in [2.24, 2.45) is 5.92 Å². The molecule has 0 radical (unpaired) electrons. The van der Waals surface area contributed by atoms with Crippen molar-refractivity contribution < 1.29 is 19.7 Å². The molecular weight excluding hydrogens is 372 g/mol. The summed E-state index contributed by atoms with van der Waals surface area (Å²) in [5.41, 5.74) is 2.19. The number of rotatable bonds is 4. The second kappa shape index (κ2) is 8.00. The number of fused-ring (bicyclic) bond motifs is 1. The summed E-state index contributed by atoms with van der Waals surface area (Å²) in [7, 11) is 1.58. The number of aromatic hydroxyl groups is 1. The van der Waals surface area contributed by atoms with Crippen molar-refractivity contribution in [1.82, 2.24) is 15.1 Å². The molecule has 1 fully saturated rings. The zero-order valence-corrected chi connectivity index (χ0v) is 16.2. The number of hydrogen-bond donors (Lipinski definition) is 4. The number of urea groups is 1. The molecule has 8 nitrogen and oxygen atoms in total. The Hall–Kier alpha value is -3.26. The first kappa shape index (κ1) is 19.1. The lowest BCUT2D eigenvalue weighted by Crippen LogP contribution is -2.43. The number of aromatic nitrogens is 2. The number of phenolic OH excluding ortho intramolecular Hbond substituents is 1. The van der Waals surface area contributed by atoms with Crippen molar-refractivity contribution in [3.05, 3.63) is 36.4 Å². The molecule has 4 rings (SSSR count). The van der Waals surface area contributed by atoms with Crippen molar-refractivity contribution in [2.45, 2.75) is 12.8 Å². The van der Waals surface area contributed by atoms with Crippen LogP contribution in [0.5, 0.6) is 11.5 Å². The lowest BCUT2D eigenvalue weighted by Gasteiger charge is -2.31. The Balaban J connectivity index is 1.57. The number of aliphatic hydroxyl groups is 1. The van der Waals surface area contributed by atoms with Crippen LogP contribution in [0.1, 0.15) is 12.8 Å². The van der Waals surface area contributed by atoms with Gasteiger partial charge >= 0.3 is 6.03 Å². The topological polar surface area (TPSA) is 111 Å². The average Bonchev–Trinajstić information content (AvgIpc) is 3.16. The van der Waals surface area contributed by atoms with Gasteiger partial charge in [-0.25, -0.2) is 4.79 Å². The zero-order chi connectivity index (χ0) is 20.4. The Bertz CT molecular complexity index is 1030. The summed E-state index contributed by atoms with van der Waals surface area (Å²) in [6.07, 6.45) is 1.82. The standard InChI is InChI=1S/C21H24N4O4/c1-29-15-5-7-19(27)17(10-15)14-4-6-16-18(9-14)23-24-20(16)22-21(28)25-8-2-3-13(11-25)12-26/h4-7,9-10,13,26-27H,2-3,8,11-12H2,1H3,(H2,22,23,24,28). The number of methoxy groups -OCH3 is 1. The summed E-state index contributed by atoms with van der Waals surface area (Å²) in [6.45, 7) is 1.31. The molecule has 152 valence electrons. The number of likely N-dealkylation sites (tertiary alicyclic amines) is 1. The van der Waals surface area contributed by atoms with Crippen LogP contribution in [0.2, 0.25) is 0 Å². The summed E-state index contributed by atoms with van der Waals surface area (Å²) < 4.78 is 5.24. The number of nitrogens with zero attached hydrogens (tertiary/aromatic N) is 2. The highest BCUT2D eigenvalue weighted by Gasteiger charge is 2.24. The second-order valence-corrected chi connectivity index (χ2v) is 7.28. The van der Waals surface area contributed by atoms with Gasteiger partial charge in [-0.1, -0.05) is 6.07 Å². The second-order valence-electron chi connectivity index (χ2n) is 7.28. The molecule has 1 aromatic heterocycles. The van der Waals surface area contributed by atoms with Crippen molar-refractivity contribution in [3.63, 3.8) is 0 Å². The van der Waals surface area contributed by atoms with Gasteiger partial charge in [0, 0.05) is 30.6 Å². The molecule has 2 amide bonds. The molecule has 3 aromatic rings. The van der Waals surface area contributed by atoms with Crippen LogP contribution in [-0.4, -0.2) is 58.1 Å². The Morgan fingerprint density at radius 1 is 1.34 bits per heavy atom. The quantitative estimate of drug-likeness (QED) is 0.541. The third-order valence-corrected chi connectivity index (χ3v) is 5.37. The van der Waals surface area contributed by atoms with Crippen molar-refractivity contribution in [3.8, 4) is 22.6 Å². The van der Waals surface area contributed by atoms with E-state index in [2.05, 4.69) is 15.5 Å².